The molecule has 3 nitrogen and oxygen atoms in total. The van der Waals surface area contributed by atoms with Crippen molar-refractivity contribution in [3.63, 3.8) is 0 Å². The lowest BCUT2D eigenvalue weighted by Crippen LogP contribution is -2.16. The number of aryl methyl sites for hydroxylation is 2. The Morgan fingerprint density at radius 2 is 2.00 bits per heavy atom. The molecule has 0 bridgehead atoms. The molecule has 1 aliphatic carbocycles. The summed E-state index contributed by atoms with van der Waals surface area (Å²) < 4.78 is 0. The third-order valence-corrected chi connectivity index (χ3v) is 3.33. The topological polar surface area (TPSA) is 37.8 Å². The van der Waals surface area contributed by atoms with Crippen LogP contribution in [0.1, 0.15) is 29.8 Å². The van der Waals surface area contributed by atoms with Gasteiger partial charge in [0.1, 0.15) is 0 Å². The summed E-state index contributed by atoms with van der Waals surface area (Å²) in [7, 11) is 0. The van der Waals surface area contributed by atoms with E-state index in [1.165, 1.54) is 18.4 Å². The number of aromatic nitrogens is 2. The van der Waals surface area contributed by atoms with Crippen molar-refractivity contribution >= 4 is 0 Å². The van der Waals surface area contributed by atoms with Gasteiger partial charge in [0.05, 0.1) is 5.69 Å². The van der Waals surface area contributed by atoms with E-state index in [0.29, 0.717) is 6.04 Å². The van der Waals surface area contributed by atoms with E-state index in [4.69, 9.17) is 0 Å². The highest BCUT2D eigenvalue weighted by Crippen LogP contribution is 2.20. The molecule has 1 fully saturated rings. The Kier molecular flexibility index (Phi) is 3.30. The molecule has 1 aromatic carbocycles. The van der Waals surface area contributed by atoms with Gasteiger partial charge in [0.2, 0.25) is 0 Å². The number of rotatable bonds is 4. The van der Waals surface area contributed by atoms with E-state index < -0.39 is 0 Å². The highest BCUT2D eigenvalue weighted by molar-refractivity contribution is 5.56. The van der Waals surface area contributed by atoms with E-state index in [2.05, 4.69) is 52.5 Å². The van der Waals surface area contributed by atoms with Crippen LogP contribution < -0.4 is 5.32 Å². The fourth-order valence-electron chi connectivity index (χ4n) is 2.17. The van der Waals surface area contributed by atoms with Crippen LogP contribution in [-0.2, 0) is 6.54 Å². The van der Waals surface area contributed by atoms with E-state index in [1.54, 1.807) is 0 Å². The van der Waals surface area contributed by atoms with Crippen molar-refractivity contribution < 1.29 is 0 Å². The molecule has 3 rings (SSSR count). The summed E-state index contributed by atoms with van der Waals surface area (Å²) in [5, 5.41) is 3.50. The Hall–Kier alpha value is -1.74. The zero-order chi connectivity index (χ0) is 13.2. The first kappa shape index (κ1) is 12.3. The third kappa shape index (κ3) is 3.18. The minimum atomic E-state index is 0.706. The van der Waals surface area contributed by atoms with Gasteiger partial charge >= 0.3 is 0 Å². The molecule has 1 aromatic heterocycles. The van der Waals surface area contributed by atoms with Crippen molar-refractivity contribution in [1.29, 1.82) is 0 Å². The predicted molar refractivity (Wildman–Crippen MR) is 76.8 cm³/mol. The third-order valence-electron chi connectivity index (χ3n) is 3.33. The van der Waals surface area contributed by atoms with Crippen LogP contribution in [0.15, 0.2) is 30.3 Å². The molecule has 3 heteroatoms. The Bertz CT molecular complexity index is 588. The van der Waals surface area contributed by atoms with Gasteiger partial charge in [0, 0.05) is 23.8 Å². The lowest BCUT2D eigenvalue weighted by atomic mass is 10.1. The normalized spacial score (nSPS) is 14.6. The van der Waals surface area contributed by atoms with E-state index >= 15 is 0 Å². The van der Waals surface area contributed by atoms with Gasteiger partial charge in [-0.3, -0.25) is 0 Å². The van der Waals surface area contributed by atoms with Crippen LogP contribution in [-0.4, -0.2) is 16.0 Å². The van der Waals surface area contributed by atoms with E-state index in [0.717, 1.165) is 29.3 Å². The molecule has 0 aliphatic heterocycles. The maximum absolute atomic E-state index is 4.67. The van der Waals surface area contributed by atoms with Crippen LogP contribution in [0.3, 0.4) is 0 Å². The quantitative estimate of drug-likeness (QED) is 0.910. The van der Waals surface area contributed by atoms with Crippen LogP contribution in [0.5, 0.6) is 0 Å². The zero-order valence-corrected chi connectivity index (χ0v) is 11.5. The smallest absolute Gasteiger partial charge is 0.159 e. The molecule has 2 aromatic rings. The average molecular weight is 253 g/mol. The molecular weight excluding hydrogens is 234 g/mol. The summed E-state index contributed by atoms with van der Waals surface area (Å²) >= 11 is 0. The number of hydrogen-bond donors (Lipinski definition) is 1. The molecule has 0 amide bonds. The van der Waals surface area contributed by atoms with Crippen LogP contribution >= 0.6 is 0 Å². The van der Waals surface area contributed by atoms with Crippen molar-refractivity contribution in [2.24, 2.45) is 0 Å². The molecule has 0 saturated heterocycles. The van der Waals surface area contributed by atoms with Crippen molar-refractivity contribution in [2.75, 3.05) is 0 Å². The maximum atomic E-state index is 4.67. The monoisotopic (exact) mass is 253 g/mol. The van der Waals surface area contributed by atoms with E-state index in [1.807, 2.05) is 6.92 Å². The molecule has 0 radical (unpaired) electrons. The average Bonchev–Trinajstić information content (AvgIpc) is 3.20. The van der Waals surface area contributed by atoms with Gasteiger partial charge in [-0.1, -0.05) is 23.8 Å². The van der Waals surface area contributed by atoms with Gasteiger partial charge in [0.15, 0.2) is 5.82 Å². The van der Waals surface area contributed by atoms with Gasteiger partial charge in [-0.05, 0) is 38.8 Å². The SMILES string of the molecule is Cc1cccc(-c2nc(C)cc(CNC3CC3)n2)c1. The second kappa shape index (κ2) is 5.10. The van der Waals surface area contributed by atoms with Crippen LogP contribution in [0.2, 0.25) is 0 Å². The minimum Gasteiger partial charge on any atom is -0.308 e. The maximum Gasteiger partial charge on any atom is 0.159 e. The number of hydrogen-bond acceptors (Lipinski definition) is 3. The number of nitrogens with zero attached hydrogens (tertiary/aromatic N) is 2. The fourth-order valence-corrected chi connectivity index (χ4v) is 2.17. The molecule has 1 saturated carbocycles. The molecule has 0 spiro atoms. The van der Waals surface area contributed by atoms with Crippen molar-refractivity contribution in [2.45, 2.75) is 39.3 Å². The van der Waals surface area contributed by atoms with Gasteiger partial charge in [0.25, 0.3) is 0 Å². The van der Waals surface area contributed by atoms with Gasteiger partial charge in [-0.2, -0.15) is 0 Å². The second-order valence-electron chi connectivity index (χ2n) is 5.35. The highest BCUT2D eigenvalue weighted by atomic mass is 15.0. The molecule has 1 aliphatic rings. The van der Waals surface area contributed by atoms with Crippen molar-refractivity contribution in [3.8, 4) is 11.4 Å². The predicted octanol–water partition coefficient (Wildman–Crippen LogP) is 3.01. The zero-order valence-electron chi connectivity index (χ0n) is 11.5. The number of nitrogens with one attached hydrogen (secondary N) is 1. The summed E-state index contributed by atoms with van der Waals surface area (Å²) in [6.07, 6.45) is 2.60. The Morgan fingerprint density at radius 1 is 1.16 bits per heavy atom. The van der Waals surface area contributed by atoms with E-state index in [-0.39, 0.29) is 0 Å². The standard InChI is InChI=1S/C16H19N3/c1-11-4-3-5-13(8-11)16-18-12(2)9-15(19-16)10-17-14-6-7-14/h3-5,8-9,14,17H,6-7,10H2,1-2H3. The summed E-state index contributed by atoms with van der Waals surface area (Å²) in [4.78, 5) is 9.22. The van der Waals surface area contributed by atoms with Crippen molar-refractivity contribution in [3.05, 3.63) is 47.3 Å². The Balaban J connectivity index is 1.87. The lowest BCUT2D eigenvalue weighted by molar-refractivity contribution is 0.672. The fraction of sp³-hybridized carbons (Fsp3) is 0.375. The first-order valence-corrected chi connectivity index (χ1v) is 6.86. The summed E-state index contributed by atoms with van der Waals surface area (Å²) in [6, 6.07) is 11.1. The van der Waals surface area contributed by atoms with Gasteiger partial charge in [-0.15, -0.1) is 0 Å². The lowest BCUT2D eigenvalue weighted by Gasteiger charge is -2.07. The minimum absolute atomic E-state index is 0.706. The van der Waals surface area contributed by atoms with Crippen LogP contribution in [0.4, 0.5) is 0 Å². The van der Waals surface area contributed by atoms with Crippen molar-refractivity contribution in [1.82, 2.24) is 15.3 Å². The summed E-state index contributed by atoms with van der Waals surface area (Å²) in [6.45, 7) is 4.96. The number of benzene rings is 1. The second-order valence-corrected chi connectivity index (χ2v) is 5.35. The molecule has 1 N–H and O–H groups in total. The largest absolute Gasteiger partial charge is 0.308 e. The Morgan fingerprint density at radius 3 is 2.74 bits per heavy atom. The van der Waals surface area contributed by atoms with Crippen LogP contribution in [0.25, 0.3) is 11.4 Å². The molecule has 0 unspecified atom stereocenters. The first-order valence-electron chi connectivity index (χ1n) is 6.86. The summed E-state index contributed by atoms with van der Waals surface area (Å²) in [5.74, 6) is 0.830. The van der Waals surface area contributed by atoms with Gasteiger partial charge in [-0.25, -0.2) is 9.97 Å². The molecule has 98 valence electrons. The molecular formula is C16H19N3. The molecule has 1 heterocycles. The van der Waals surface area contributed by atoms with Gasteiger partial charge < -0.3 is 5.32 Å². The molecule has 0 atom stereocenters. The summed E-state index contributed by atoms with van der Waals surface area (Å²) in [5.41, 5.74) is 4.44. The molecule has 19 heavy (non-hydrogen) atoms. The Labute approximate surface area is 114 Å². The first-order chi connectivity index (χ1) is 9.20. The highest BCUT2D eigenvalue weighted by Gasteiger charge is 2.20. The van der Waals surface area contributed by atoms with E-state index in [9.17, 15) is 0 Å². The van der Waals surface area contributed by atoms with Crippen LogP contribution in [0, 0.1) is 13.8 Å².